The summed E-state index contributed by atoms with van der Waals surface area (Å²) in [6, 6.07) is 11.9. The van der Waals surface area contributed by atoms with Crippen LogP contribution in [0.5, 0.6) is 0 Å². The van der Waals surface area contributed by atoms with Gasteiger partial charge in [0.15, 0.2) is 5.78 Å². The summed E-state index contributed by atoms with van der Waals surface area (Å²) in [5.74, 6) is 0.0488. The molecule has 276 valence electrons. The fourth-order valence-electron chi connectivity index (χ4n) is 5.98. The zero-order valence-electron chi connectivity index (χ0n) is 30.6. The third kappa shape index (κ3) is 10.0. The zero-order chi connectivity index (χ0) is 36.2. The van der Waals surface area contributed by atoms with E-state index >= 15 is 0 Å². The number of likely N-dealkylation sites (tertiary alicyclic amines) is 2. The number of unbranched alkanes of at least 4 members (excludes halogenated alkanes) is 1. The van der Waals surface area contributed by atoms with Crippen molar-refractivity contribution >= 4 is 46.3 Å². The Kier molecular flexibility index (Phi) is 13.6. The summed E-state index contributed by atoms with van der Waals surface area (Å²) < 4.78 is 28.5. The molecule has 2 spiro atoms. The molecule has 6 rings (SSSR count). The highest BCUT2D eigenvalue weighted by Gasteiger charge is 2.53. The van der Waals surface area contributed by atoms with Crippen molar-refractivity contribution < 1.29 is 38.1 Å². The van der Waals surface area contributed by atoms with E-state index in [1.807, 2.05) is 65.8 Å². The van der Waals surface area contributed by atoms with Gasteiger partial charge in [-0.3, -0.25) is 4.79 Å². The largest absolute Gasteiger partial charge is 0.502 e. The molecule has 0 aromatic heterocycles. The molecule has 0 unspecified atom stereocenters. The Bertz CT molecular complexity index is 1540. The van der Waals surface area contributed by atoms with Crippen molar-refractivity contribution in [2.75, 3.05) is 32.8 Å². The maximum Gasteiger partial charge on any atom is 0.410 e. The predicted octanol–water partition coefficient (Wildman–Crippen LogP) is 8.66. The fourth-order valence-corrected chi connectivity index (χ4v) is 6.38. The van der Waals surface area contributed by atoms with Crippen molar-refractivity contribution in [3.8, 4) is 0 Å². The van der Waals surface area contributed by atoms with Gasteiger partial charge >= 0.3 is 12.2 Å². The molecule has 0 bridgehead atoms. The molecule has 2 saturated heterocycles. The van der Waals surface area contributed by atoms with Gasteiger partial charge in [0, 0.05) is 10.0 Å². The van der Waals surface area contributed by atoms with Crippen LogP contribution in [-0.4, -0.2) is 71.8 Å². The molecule has 0 aliphatic carbocycles. The first-order chi connectivity index (χ1) is 22.9. The molecule has 50 heavy (non-hydrogen) atoms. The zero-order valence-corrected chi connectivity index (χ0v) is 33.0. The van der Waals surface area contributed by atoms with Crippen molar-refractivity contribution in [1.82, 2.24) is 9.80 Å². The maximum absolute atomic E-state index is 12.0. The van der Waals surface area contributed by atoms with Crippen molar-refractivity contribution in [2.45, 2.75) is 104 Å². The van der Waals surface area contributed by atoms with Crippen LogP contribution < -0.4 is 0 Å². The van der Waals surface area contributed by atoms with Crippen molar-refractivity contribution in [3.63, 3.8) is 0 Å². The standard InChI is InChI=1S/C17H21NO4.C15H18BrNO3.C6H12O.ClH/c1-11(19)12-5-6-14-13(7-12)8-21-17(14)9-18(10-17)15(20)22-16(2,3)4;1-14(2,3)20-13(18)17-8-15(9-17)12-5-4-11(16)6-10(12)7-19-15;1-3-5-6-7-4-2;/h5-7H,8-10H2,1-4H3;4-6H,7-9H2,1-3H3;4H,2-3,5-6H2,1H3;1H. The number of nitrogens with zero attached hydrogens (tertiary/aromatic N) is 2. The second kappa shape index (κ2) is 16.5. The molecule has 2 aromatic carbocycles. The molecule has 0 radical (unpaired) electrons. The van der Waals surface area contributed by atoms with Crippen LogP contribution in [0.3, 0.4) is 0 Å². The number of hydrogen-bond acceptors (Lipinski definition) is 8. The van der Waals surface area contributed by atoms with Crippen LogP contribution in [0.2, 0.25) is 0 Å². The number of fused-ring (bicyclic) bond motifs is 4. The molecule has 4 heterocycles. The highest BCUT2D eigenvalue weighted by atomic mass is 79.9. The van der Waals surface area contributed by atoms with E-state index in [9.17, 15) is 14.4 Å². The SMILES string of the molecule is C=COCCCC.CC(=O)c1ccc2c(c1)COC21CN(C(=O)OC(C)(C)C)C1.CC(C)(C)OC(=O)N1CC2(C1)OCc1cc(Br)ccc12.Cl. The second-order valence-corrected chi connectivity index (χ2v) is 15.8. The first kappa shape index (κ1) is 41.3. The molecule has 0 N–H and O–H groups in total. The monoisotopic (exact) mass is 778 g/mol. The molecular weight excluding hydrogens is 728 g/mol. The molecule has 2 fully saturated rings. The van der Waals surface area contributed by atoms with Crippen LogP contribution in [0.15, 0.2) is 53.7 Å². The van der Waals surface area contributed by atoms with Crippen LogP contribution in [-0.2, 0) is 48.1 Å². The molecule has 12 heteroatoms. The molecule has 2 aromatic rings. The number of ketones is 1. The topological polar surface area (TPSA) is 104 Å². The molecular formula is C38H52BrClN2O8. The Hall–Kier alpha value is -3.12. The van der Waals surface area contributed by atoms with Crippen LogP contribution in [0.25, 0.3) is 0 Å². The van der Waals surface area contributed by atoms with Gasteiger partial charge < -0.3 is 33.5 Å². The van der Waals surface area contributed by atoms with E-state index in [0.29, 0.717) is 45.0 Å². The lowest BCUT2D eigenvalue weighted by Crippen LogP contribution is -2.61. The lowest BCUT2D eigenvalue weighted by atomic mass is 9.85. The summed E-state index contributed by atoms with van der Waals surface area (Å²) in [6.07, 6.45) is 3.23. The van der Waals surface area contributed by atoms with Crippen LogP contribution >= 0.6 is 28.3 Å². The molecule has 10 nitrogen and oxygen atoms in total. The van der Waals surface area contributed by atoms with Crippen LogP contribution in [0, 0.1) is 0 Å². The minimum absolute atomic E-state index is 0. The number of Topliss-reactive ketones (excluding diaryl/α,β-unsaturated/α-hetero) is 1. The van der Waals surface area contributed by atoms with E-state index in [-0.39, 0.29) is 36.0 Å². The number of amides is 2. The summed E-state index contributed by atoms with van der Waals surface area (Å²) in [7, 11) is 0. The fraction of sp³-hybridized carbons (Fsp3) is 0.553. The normalized spacial score (nSPS) is 17.3. The lowest BCUT2D eigenvalue weighted by molar-refractivity contribution is -0.137. The van der Waals surface area contributed by atoms with Crippen LogP contribution in [0.4, 0.5) is 9.59 Å². The van der Waals surface area contributed by atoms with Gasteiger partial charge in [-0.05, 0) is 95.3 Å². The summed E-state index contributed by atoms with van der Waals surface area (Å²) >= 11 is 3.47. The minimum Gasteiger partial charge on any atom is -0.502 e. The highest BCUT2D eigenvalue weighted by Crippen LogP contribution is 2.45. The van der Waals surface area contributed by atoms with E-state index in [2.05, 4.69) is 41.6 Å². The number of hydrogen-bond donors (Lipinski definition) is 0. The Labute approximate surface area is 311 Å². The molecule has 0 atom stereocenters. The number of carbonyl (C=O) groups excluding carboxylic acids is 3. The maximum atomic E-state index is 12.0. The van der Waals surface area contributed by atoms with Gasteiger partial charge in [0.25, 0.3) is 0 Å². The van der Waals surface area contributed by atoms with Gasteiger partial charge in [0.2, 0.25) is 0 Å². The molecule has 4 aliphatic rings. The Balaban J connectivity index is 0.000000225. The number of rotatable bonds is 5. The van der Waals surface area contributed by atoms with Gasteiger partial charge in [-0.15, -0.1) is 12.4 Å². The quantitative estimate of drug-likeness (QED) is 0.169. The van der Waals surface area contributed by atoms with Gasteiger partial charge in [-0.25, -0.2) is 9.59 Å². The van der Waals surface area contributed by atoms with Gasteiger partial charge in [0.05, 0.1) is 52.3 Å². The summed E-state index contributed by atoms with van der Waals surface area (Å²) in [5.41, 5.74) is 3.50. The summed E-state index contributed by atoms with van der Waals surface area (Å²) in [5, 5.41) is 0. The van der Waals surface area contributed by atoms with Gasteiger partial charge in [-0.1, -0.05) is 54.1 Å². The van der Waals surface area contributed by atoms with E-state index in [1.165, 1.54) is 23.8 Å². The summed E-state index contributed by atoms with van der Waals surface area (Å²) in [4.78, 5) is 38.8. The van der Waals surface area contributed by atoms with E-state index < -0.39 is 16.8 Å². The smallest absolute Gasteiger partial charge is 0.410 e. The van der Waals surface area contributed by atoms with Gasteiger partial charge in [0.1, 0.15) is 22.4 Å². The predicted molar refractivity (Wildman–Crippen MR) is 197 cm³/mol. The molecule has 4 aliphatic heterocycles. The lowest BCUT2D eigenvalue weighted by Gasteiger charge is -2.47. The average molecular weight is 780 g/mol. The third-order valence-corrected chi connectivity index (χ3v) is 8.88. The van der Waals surface area contributed by atoms with Crippen molar-refractivity contribution in [2.24, 2.45) is 0 Å². The third-order valence-electron chi connectivity index (χ3n) is 8.39. The van der Waals surface area contributed by atoms with E-state index in [0.717, 1.165) is 28.6 Å². The van der Waals surface area contributed by atoms with E-state index in [4.69, 9.17) is 23.7 Å². The Morgan fingerprint density at radius 2 is 1.30 bits per heavy atom. The number of halogens is 2. The van der Waals surface area contributed by atoms with E-state index in [1.54, 1.807) is 16.7 Å². The Morgan fingerprint density at radius 3 is 1.72 bits per heavy atom. The highest BCUT2D eigenvalue weighted by molar-refractivity contribution is 9.10. The Morgan fingerprint density at radius 1 is 0.840 bits per heavy atom. The molecule has 0 saturated carbocycles. The summed E-state index contributed by atoms with van der Waals surface area (Å²) in [6.45, 7) is 22.3. The molecule has 2 amide bonds. The van der Waals surface area contributed by atoms with Gasteiger partial charge in [-0.2, -0.15) is 0 Å². The number of carbonyl (C=O) groups is 3. The average Bonchev–Trinajstić information content (AvgIpc) is 3.53. The van der Waals surface area contributed by atoms with Crippen molar-refractivity contribution in [1.29, 1.82) is 0 Å². The van der Waals surface area contributed by atoms with Crippen molar-refractivity contribution in [3.05, 3.63) is 81.5 Å². The van der Waals surface area contributed by atoms with Crippen LogP contribution in [0.1, 0.15) is 101 Å². The first-order valence-electron chi connectivity index (χ1n) is 16.8. The minimum atomic E-state index is -0.495. The second-order valence-electron chi connectivity index (χ2n) is 14.9. The first-order valence-corrected chi connectivity index (χ1v) is 17.6. The number of benzene rings is 2. The number of ether oxygens (including phenoxy) is 5.